The lowest BCUT2D eigenvalue weighted by molar-refractivity contribution is -0.120. The Morgan fingerprint density at radius 3 is 2.33 bits per heavy atom. The average Bonchev–Trinajstić information content (AvgIpc) is 3.15. The molecule has 0 spiro atoms. The second-order valence-electron chi connectivity index (χ2n) is 9.55. The van der Waals surface area contributed by atoms with Crippen LogP contribution in [0, 0.1) is 5.92 Å². The van der Waals surface area contributed by atoms with Crippen LogP contribution in [0.4, 0.5) is 11.4 Å². The quantitative estimate of drug-likeness (QED) is 0.671. The van der Waals surface area contributed by atoms with Gasteiger partial charge in [-0.25, -0.2) is 0 Å². The molecular formula is C26H36N4O3. The Kier molecular flexibility index (Phi) is 7.32. The van der Waals surface area contributed by atoms with Gasteiger partial charge in [-0.1, -0.05) is 18.2 Å². The summed E-state index contributed by atoms with van der Waals surface area (Å²) in [4.78, 5) is 24.3. The van der Waals surface area contributed by atoms with Gasteiger partial charge in [0.25, 0.3) is 0 Å². The van der Waals surface area contributed by atoms with Crippen LogP contribution in [0.1, 0.15) is 37.4 Å². The number of aliphatic hydroxyl groups is 2. The van der Waals surface area contributed by atoms with Crippen molar-refractivity contribution in [1.82, 2.24) is 9.88 Å². The van der Waals surface area contributed by atoms with Crippen LogP contribution in [0.15, 0.2) is 42.6 Å². The minimum Gasteiger partial charge on any atom is -0.393 e. The highest BCUT2D eigenvalue weighted by Gasteiger charge is 2.34. The van der Waals surface area contributed by atoms with E-state index in [0.29, 0.717) is 12.2 Å². The third kappa shape index (κ3) is 5.21. The number of benzene rings is 1. The number of nitrogens with zero attached hydrogens (tertiary/aromatic N) is 4. The van der Waals surface area contributed by atoms with E-state index >= 15 is 0 Å². The molecule has 1 amide bonds. The minimum absolute atomic E-state index is 0.0408. The van der Waals surface area contributed by atoms with Crippen molar-refractivity contribution < 1.29 is 15.0 Å². The van der Waals surface area contributed by atoms with Crippen molar-refractivity contribution in [3.8, 4) is 0 Å². The Balaban J connectivity index is 1.45. The van der Waals surface area contributed by atoms with Gasteiger partial charge in [-0.3, -0.25) is 9.78 Å². The number of pyridine rings is 1. The standard InChI is InChI=1S/C26H36N4O3/c1-18(31)25(19(2)32)23-9-8-22(17-27-23)30-11-10-21(26(30)33)16-20-6-4-5-7-24(20)29-14-12-28(3)13-15-29/h4-9,17-19,21,25,31-32H,10-16H2,1-3H3. The molecule has 2 saturated heterocycles. The molecule has 2 aliphatic heterocycles. The topological polar surface area (TPSA) is 80.1 Å². The molecular weight excluding hydrogens is 416 g/mol. The molecule has 3 unspecified atom stereocenters. The van der Waals surface area contributed by atoms with Crippen LogP contribution in [-0.4, -0.2) is 78.0 Å². The molecule has 178 valence electrons. The maximum absolute atomic E-state index is 13.3. The van der Waals surface area contributed by atoms with Crippen LogP contribution in [0.25, 0.3) is 0 Å². The van der Waals surface area contributed by atoms with Gasteiger partial charge in [0.15, 0.2) is 0 Å². The van der Waals surface area contributed by atoms with Crippen LogP contribution in [-0.2, 0) is 11.2 Å². The number of likely N-dealkylation sites (N-methyl/N-ethyl adjacent to an activating group) is 1. The number of carbonyl (C=O) groups is 1. The fourth-order valence-corrected chi connectivity index (χ4v) is 5.14. The van der Waals surface area contributed by atoms with Gasteiger partial charge in [0.2, 0.25) is 5.91 Å². The van der Waals surface area contributed by atoms with Gasteiger partial charge >= 0.3 is 0 Å². The Morgan fingerprint density at radius 1 is 1.00 bits per heavy atom. The number of aromatic nitrogens is 1. The number of hydrogen-bond donors (Lipinski definition) is 2. The van der Waals surface area contributed by atoms with Crippen LogP contribution < -0.4 is 9.80 Å². The molecule has 2 N–H and O–H groups in total. The van der Waals surface area contributed by atoms with Crippen molar-refractivity contribution >= 4 is 17.3 Å². The van der Waals surface area contributed by atoms with Gasteiger partial charge in [0, 0.05) is 50.0 Å². The van der Waals surface area contributed by atoms with Gasteiger partial charge in [-0.05, 0) is 57.5 Å². The largest absolute Gasteiger partial charge is 0.393 e. The van der Waals surface area contributed by atoms with E-state index in [1.165, 1.54) is 11.3 Å². The normalized spacial score (nSPS) is 22.5. The Morgan fingerprint density at radius 2 is 1.70 bits per heavy atom. The molecule has 3 atom stereocenters. The zero-order valence-corrected chi connectivity index (χ0v) is 19.9. The molecule has 0 radical (unpaired) electrons. The number of rotatable bonds is 7. The fourth-order valence-electron chi connectivity index (χ4n) is 5.14. The van der Waals surface area contributed by atoms with Crippen molar-refractivity contribution in [3.05, 3.63) is 53.9 Å². The van der Waals surface area contributed by atoms with Gasteiger partial charge < -0.3 is 24.9 Å². The van der Waals surface area contributed by atoms with E-state index in [2.05, 4.69) is 46.1 Å². The van der Waals surface area contributed by atoms with Crippen molar-refractivity contribution in [3.63, 3.8) is 0 Å². The minimum atomic E-state index is -0.707. The van der Waals surface area contributed by atoms with Gasteiger partial charge in [-0.15, -0.1) is 0 Å². The molecule has 1 aromatic carbocycles. The number of piperazine rings is 1. The van der Waals surface area contributed by atoms with Crippen molar-refractivity contribution in [2.75, 3.05) is 49.6 Å². The van der Waals surface area contributed by atoms with Crippen molar-refractivity contribution in [2.24, 2.45) is 5.92 Å². The predicted octanol–water partition coefficient (Wildman–Crippen LogP) is 2.27. The molecule has 4 rings (SSSR count). The summed E-state index contributed by atoms with van der Waals surface area (Å²) in [5, 5.41) is 20.0. The lowest BCUT2D eigenvalue weighted by Crippen LogP contribution is -2.44. The predicted molar refractivity (Wildman–Crippen MR) is 131 cm³/mol. The lowest BCUT2D eigenvalue weighted by atomic mass is 9.93. The summed E-state index contributed by atoms with van der Waals surface area (Å²) < 4.78 is 0. The first-order valence-electron chi connectivity index (χ1n) is 12.0. The highest BCUT2D eigenvalue weighted by atomic mass is 16.3. The van der Waals surface area contributed by atoms with Gasteiger partial charge in [0.1, 0.15) is 0 Å². The average molecular weight is 453 g/mol. The summed E-state index contributed by atoms with van der Waals surface area (Å²) >= 11 is 0. The first-order valence-corrected chi connectivity index (χ1v) is 12.0. The number of anilines is 2. The summed E-state index contributed by atoms with van der Waals surface area (Å²) in [5.41, 5.74) is 3.90. The summed E-state index contributed by atoms with van der Waals surface area (Å²) in [5.74, 6) is -0.353. The Hall–Kier alpha value is -2.48. The smallest absolute Gasteiger partial charge is 0.230 e. The van der Waals surface area contributed by atoms with Gasteiger partial charge in [-0.2, -0.15) is 0 Å². The molecule has 2 fully saturated rings. The van der Waals surface area contributed by atoms with Crippen LogP contribution in [0.2, 0.25) is 0 Å². The van der Waals surface area contributed by atoms with Gasteiger partial charge in [0.05, 0.1) is 30.0 Å². The van der Waals surface area contributed by atoms with E-state index in [4.69, 9.17) is 0 Å². The molecule has 0 saturated carbocycles. The van der Waals surface area contributed by atoms with Crippen LogP contribution in [0.3, 0.4) is 0 Å². The van der Waals surface area contributed by atoms with Crippen molar-refractivity contribution in [1.29, 1.82) is 0 Å². The molecule has 0 bridgehead atoms. The van der Waals surface area contributed by atoms with Crippen LogP contribution in [0.5, 0.6) is 0 Å². The monoisotopic (exact) mass is 452 g/mol. The first-order chi connectivity index (χ1) is 15.8. The molecule has 0 aliphatic carbocycles. The van der Waals surface area contributed by atoms with E-state index in [-0.39, 0.29) is 11.8 Å². The number of aliphatic hydroxyl groups excluding tert-OH is 2. The molecule has 7 heteroatoms. The Bertz CT molecular complexity index is 931. The number of amides is 1. The van der Waals surface area contributed by atoms with E-state index in [1.54, 1.807) is 20.0 Å². The van der Waals surface area contributed by atoms with E-state index in [1.807, 2.05) is 17.0 Å². The zero-order valence-electron chi connectivity index (χ0n) is 19.9. The molecule has 2 aromatic rings. The summed E-state index contributed by atoms with van der Waals surface area (Å²) in [6.07, 6.45) is 1.84. The second-order valence-corrected chi connectivity index (χ2v) is 9.55. The maximum atomic E-state index is 13.3. The van der Waals surface area contributed by atoms with E-state index < -0.39 is 18.1 Å². The maximum Gasteiger partial charge on any atom is 0.230 e. The van der Waals surface area contributed by atoms with E-state index in [9.17, 15) is 15.0 Å². The molecule has 2 aliphatic rings. The number of hydrogen-bond acceptors (Lipinski definition) is 6. The van der Waals surface area contributed by atoms with E-state index in [0.717, 1.165) is 44.7 Å². The van der Waals surface area contributed by atoms with Crippen LogP contribution >= 0.6 is 0 Å². The number of carbonyl (C=O) groups excluding carboxylic acids is 1. The lowest BCUT2D eigenvalue weighted by Gasteiger charge is -2.35. The third-order valence-corrected chi connectivity index (χ3v) is 7.08. The first kappa shape index (κ1) is 23.7. The van der Waals surface area contributed by atoms with Crippen molar-refractivity contribution in [2.45, 2.75) is 44.8 Å². The second kappa shape index (κ2) is 10.2. The highest BCUT2D eigenvalue weighted by Crippen LogP contribution is 2.32. The fraction of sp³-hybridized carbons (Fsp3) is 0.538. The summed E-state index contributed by atoms with van der Waals surface area (Å²) in [7, 11) is 2.16. The highest BCUT2D eigenvalue weighted by molar-refractivity contribution is 5.97. The zero-order chi connectivity index (χ0) is 23.5. The SMILES string of the molecule is CC(O)C(c1ccc(N2CCC(Cc3ccccc3N3CCN(C)CC3)C2=O)cn1)C(C)O. The molecule has 33 heavy (non-hydrogen) atoms. The molecule has 3 heterocycles. The Labute approximate surface area is 196 Å². The molecule has 7 nitrogen and oxygen atoms in total. The molecule has 1 aromatic heterocycles. The summed E-state index contributed by atoms with van der Waals surface area (Å²) in [6, 6.07) is 12.2. The summed E-state index contributed by atoms with van der Waals surface area (Å²) in [6.45, 7) is 8.11. The number of para-hydroxylation sites is 1. The third-order valence-electron chi connectivity index (χ3n) is 7.08.